The van der Waals surface area contributed by atoms with Crippen LogP contribution >= 0.6 is 0 Å². The summed E-state index contributed by atoms with van der Waals surface area (Å²) in [4.78, 5) is 33.0. The standard InChI is InChI=1S/C10H15O6.Sn/c1-5-6-10(14-7(2)11,15-8(3)12)16-9(4)13;/h1,5-6H2,2-4H3;. The van der Waals surface area contributed by atoms with Gasteiger partial charge in [-0.1, -0.05) is 0 Å². The Morgan fingerprint density at radius 1 is 0.941 bits per heavy atom. The number of hydrogen-bond donors (Lipinski definition) is 0. The molecule has 0 spiro atoms. The monoisotopic (exact) mass is 351 g/mol. The summed E-state index contributed by atoms with van der Waals surface area (Å²) in [6, 6.07) is 0. The van der Waals surface area contributed by atoms with Crippen LogP contribution in [-0.2, 0) is 28.6 Å². The third kappa shape index (κ3) is 7.19. The zero-order chi connectivity index (χ0) is 13.5. The first-order valence-corrected chi connectivity index (χ1v) is 7.06. The van der Waals surface area contributed by atoms with Gasteiger partial charge in [0, 0.05) is 0 Å². The Kier molecular flexibility index (Phi) is 7.17. The van der Waals surface area contributed by atoms with Gasteiger partial charge in [0.25, 0.3) is 0 Å². The van der Waals surface area contributed by atoms with Crippen molar-refractivity contribution in [1.82, 2.24) is 0 Å². The average molecular weight is 350 g/mol. The second-order valence-electron chi connectivity index (χ2n) is 3.32. The zero-order valence-corrected chi connectivity index (χ0v) is 12.9. The van der Waals surface area contributed by atoms with E-state index in [1.165, 1.54) is 22.5 Å². The quantitative estimate of drug-likeness (QED) is 0.399. The molecule has 0 fully saturated rings. The minimum atomic E-state index is -1.92. The molecule has 0 aromatic rings. The van der Waals surface area contributed by atoms with Crippen molar-refractivity contribution in [2.45, 2.75) is 44.0 Å². The second kappa shape index (κ2) is 7.52. The van der Waals surface area contributed by atoms with Gasteiger partial charge < -0.3 is 0 Å². The normalized spacial score (nSPS) is 10.6. The van der Waals surface area contributed by atoms with Gasteiger partial charge >= 0.3 is 113 Å². The maximum absolute atomic E-state index is 11.0. The fraction of sp³-hybridized carbons (Fsp3) is 0.700. The van der Waals surface area contributed by atoms with Crippen LogP contribution in [0.3, 0.4) is 0 Å². The van der Waals surface area contributed by atoms with Crippen LogP contribution in [0.4, 0.5) is 0 Å². The van der Waals surface area contributed by atoms with Crippen molar-refractivity contribution < 1.29 is 28.6 Å². The van der Waals surface area contributed by atoms with Crippen molar-refractivity contribution in [3.8, 4) is 0 Å². The fourth-order valence-electron chi connectivity index (χ4n) is 1.18. The molecule has 0 amide bonds. The van der Waals surface area contributed by atoms with Gasteiger partial charge in [0.15, 0.2) is 0 Å². The molecule has 0 aromatic carbocycles. The number of carbonyl (C=O) groups excluding carboxylic acids is 3. The number of rotatable bonds is 6. The molecule has 0 aliphatic heterocycles. The summed E-state index contributed by atoms with van der Waals surface area (Å²) in [6.45, 7) is 3.46. The van der Waals surface area contributed by atoms with E-state index in [0.29, 0.717) is 6.42 Å². The Hall–Kier alpha value is -0.791. The van der Waals surface area contributed by atoms with Gasteiger partial charge in [0.05, 0.1) is 0 Å². The van der Waals surface area contributed by atoms with Crippen molar-refractivity contribution >= 4 is 40.4 Å². The van der Waals surface area contributed by atoms with Crippen LogP contribution < -0.4 is 0 Å². The van der Waals surface area contributed by atoms with Crippen molar-refractivity contribution in [3.05, 3.63) is 0 Å². The predicted molar refractivity (Wildman–Crippen MR) is 57.8 cm³/mol. The van der Waals surface area contributed by atoms with Gasteiger partial charge in [-0.3, -0.25) is 0 Å². The van der Waals surface area contributed by atoms with Crippen LogP contribution in [0.2, 0.25) is 4.44 Å². The van der Waals surface area contributed by atoms with Crippen LogP contribution in [0.5, 0.6) is 0 Å². The SMILES string of the molecule is CC(=O)OC(CC[CH2][Sn])(OC(C)=O)OC(C)=O. The van der Waals surface area contributed by atoms with Crippen molar-refractivity contribution in [1.29, 1.82) is 0 Å². The summed E-state index contributed by atoms with van der Waals surface area (Å²) >= 11 is 1.29. The van der Waals surface area contributed by atoms with Crippen LogP contribution in [0.1, 0.15) is 33.6 Å². The molecule has 17 heavy (non-hydrogen) atoms. The topological polar surface area (TPSA) is 78.9 Å². The van der Waals surface area contributed by atoms with Gasteiger partial charge in [0.2, 0.25) is 0 Å². The Bertz CT molecular complexity index is 260. The molecule has 7 heteroatoms. The second-order valence-corrected chi connectivity index (χ2v) is 4.74. The molecule has 0 saturated carbocycles. The van der Waals surface area contributed by atoms with Crippen molar-refractivity contribution in [2.75, 3.05) is 0 Å². The van der Waals surface area contributed by atoms with Crippen LogP contribution in [0.25, 0.3) is 0 Å². The molecule has 95 valence electrons. The van der Waals surface area contributed by atoms with Gasteiger partial charge in [-0.15, -0.1) is 0 Å². The molecule has 0 aliphatic carbocycles. The Morgan fingerprint density at radius 2 is 1.29 bits per heavy atom. The Labute approximate surface area is 113 Å². The summed E-state index contributed by atoms with van der Waals surface area (Å²) in [5, 5.41) is 0. The number of ether oxygens (including phenoxy) is 3. The molecule has 0 aliphatic rings. The summed E-state index contributed by atoms with van der Waals surface area (Å²) in [5.41, 5.74) is 0. The summed E-state index contributed by atoms with van der Waals surface area (Å²) in [6.07, 6.45) is 0.753. The Balaban J connectivity index is 4.95. The number of esters is 3. The Morgan fingerprint density at radius 3 is 1.53 bits per heavy atom. The summed E-state index contributed by atoms with van der Waals surface area (Å²) in [5.74, 6) is -3.97. The molecule has 6 nitrogen and oxygen atoms in total. The van der Waals surface area contributed by atoms with Crippen molar-refractivity contribution in [3.63, 3.8) is 0 Å². The first-order chi connectivity index (χ1) is 7.81. The molecular weight excluding hydrogens is 335 g/mol. The first kappa shape index (κ1) is 16.2. The molecule has 0 unspecified atom stereocenters. The predicted octanol–water partition coefficient (Wildman–Crippen LogP) is 0.696. The van der Waals surface area contributed by atoms with Gasteiger partial charge in [-0.05, 0) is 0 Å². The third-order valence-corrected chi connectivity index (χ3v) is 2.57. The van der Waals surface area contributed by atoms with Crippen LogP contribution in [0.15, 0.2) is 0 Å². The summed E-state index contributed by atoms with van der Waals surface area (Å²) < 4.78 is 15.4. The molecule has 0 N–H and O–H groups in total. The van der Waals surface area contributed by atoms with Crippen molar-refractivity contribution in [2.24, 2.45) is 0 Å². The molecule has 0 bridgehead atoms. The molecule has 0 atom stereocenters. The molecule has 0 rings (SSSR count). The molecule has 0 aromatic heterocycles. The molecule has 3 radical (unpaired) electrons. The van der Waals surface area contributed by atoms with Gasteiger partial charge in [-0.25, -0.2) is 0 Å². The van der Waals surface area contributed by atoms with Gasteiger partial charge in [-0.2, -0.15) is 0 Å². The molecule has 0 heterocycles. The van der Waals surface area contributed by atoms with E-state index in [-0.39, 0.29) is 6.42 Å². The zero-order valence-electron chi connectivity index (χ0n) is 10.1. The van der Waals surface area contributed by atoms with E-state index >= 15 is 0 Å². The minimum absolute atomic E-state index is 0.136. The van der Waals surface area contributed by atoms with Gasteiger partial charge in [0.1, 0.15) is 0 Å². The molecule has 0 saturated heterocycles. The van der Waals surface area contributed by atoms with E-state index < -0.39 is 23.9 Å². The summed E-state index contributed by atoms with van der Waals surface area (Å²) in [7, 11) is 0. The molecular formula is C10H15O6Sn. The van der Waals surface area contributed by atoms with Crippen LogP contribution in [0, 0.1) is 0 Å². The first-order valence-electron chi connectivity index (χ1n) is 5.04. The van der Waals surface area contributed by atoms with Crippen LogP contribution in [-0.4, -0.2) is 46.4 Å². The van der Waals surface area contributed by atoms with E-state index in [1.54, 1.807) is 0 Å². The van der Waals surface area contributed by atoms with E-state index in [0.717, 1.165) is 25.2 Å². The number of hydrogen-bond acceptors (Lipinski definition) is 6. The number of carbonyl (C=O) groups is 3. The van der Waals surface area contributed by atoms with E-state index in [2.05, 4.69) is 0 Å². The fourth-order valence-corrected chi connectivity index (χ4v) is 1.68. The average Bonchev–Trinajstić information content (AvgIpc) is 2.11. The maximum atomic E-state index is 11.0. The van der Waals surface area contributed by atoms with E-state index in [1.807, 2.05) is 0 Å². The van der Waals surface area contributed by atoms with E-state index in [9.17, 15) is 14.4 Å². The third-order valence-electron chi connectivity index (χ3n) is 1.56. The van der Waals surface area contributed by atoms with E-state index in [4.69, 9.17) is 14.2 Å².